The van der Waals surface area contributed by atoms with E-state index in [0.717, 1.165) is 4.70 Å². The monoisotopic (exact) mass is 251 g/mol. The molecule has 0 bridgehead atoms. The number of ether oxygens (including phenoxy) is 1. The minimum absolute atomic E-state index is 0.393. The molecular formula is C11H6ClNO2S. The Balaban J connectivity index is 2.81. The summed E-state index contributed by atoms with van der Waals surface area (Å²) in [6.07, 6.45) is 0. The lowest BCUT2D eigenvalue weighted by atomic mass is 10.1. The van der Waals surface area contributed by atoms with Gasteiger partial charge in [-0.25, -0.2) is 4.79 Å². The van der Waals surface area contributed by atoms with Crippen LogP contribution in [0.15, 0.2) is 17.5 Å². The maximum Gasteiger partial charge on any atom is 0.339 e. The van der Waals surface area contributed by atoms with E-state index in [1.807, 2.05) is 6.07 Å². The molecule has 0 saturated carbocycles. The van der Waals surface area contributed by atoms with E-state index in [1.54, 1.807) is 17.5 Å². The molecule has 3 nitrogen and oxygen atoms in total. The third kappa shape index (κ3) is 1.64. The van der Waals surface area contributed by atoms with Gasteiger partial charge >= 0.3 is 5.97 Å². The summed E-state index contributed by atoms with van der Waals surface area (Å²) in [4.78, 5) is 11.5. The van der Waals surface area contributed by atoms with Gasteiger partial charge in [-0.3, -0.25) is 0 Å². The third-order valence-electron chi connectivity index (χ3n) is 2.17. The van der Waals surface area contributed by atoms with Gasteiger partial charge in [-0.2, -0.15) is 5.26 Å². The summed E-state index contributed by atoms with van der Waals surface area (Å²) in [5, 5.41) is 11.8. The molecule has 0 aliphatic carbocycles. The Labute approximate surface area is 101 Å². The SMILES string of the molecule is COC(=O)c1csc2cc(Cl)cc(C#N)c12. The molecule has 0 spiro atoms. The number of thiophene rings is 1. The molecule has 0 atom stereocenters. The van der Waals surface area contributed by atoms with E-state index in [2.05, 4.69) is 4.74 Å². The van der Waals surface area contributed by atoms with Crippen molar-refractivity contribution in [2.75, 3.05) is 7.11 Å². The molecule has 0 unspecified atom stereocenters. The molecule has 0 N–H and O–H groups in total. The second-order valence-corrected chi connectivity index (χ2v) is 4.43. The number of benzene rings is 1. The normalized spacial score (nSPS) is 10.1. The van der Waals surface area contributed by atoms with Crippen LogP contribution in [0.4, 0.5) is 0 Å². The first kappa shape index (κ1) is 10.9. The average Bonchev–Trinajstić information content (AvgIpc) is 2.70. The van der Waals surface area contributed by atoms with Crippen molar-refractivity contribution in [1.29, 1.82) is 5.26 Å². The Kier molecular flexibility index (Phi) is 2.82. The highest BCUT2D eigenvalue weighted by atomic mass is 35.5. The summed E-state index contributed by atoms with van der Waals surface area (Å²) < 4.78 is 5.47. The van der Waals surface area contributed by atoms with Crippen LogP contribution in [0.1, 0.15) is 15.9 Å². The number of rotatable bonds is 1. The van der Waals surface area contributed by atoms with Crippen molar-refractivity contribution < 1.29 is 9.53 Å². The van der Waals surface area contributed by atoms with Crippen molar-refractivity contribution >= 4 is 39.0 Å². The topological polar surface area (TPSA) is 50.1 Å². The number of carbonyl (C=O) groups excluding carboxylic acids is 1. The van der Waals surface area contributed by atoms with Gasteiger partial charge in [0.1, 0.15) is 0 Å². The highest BCUT2D eigenvalue weighted by Crippen LogP contribution is 2.32. The summed E-state index contributed by atoms with van der Waals surface area (Å²) >= 11 is 7.23. The molecule has 0 aliphatic heterocycles. The number of nitriles is 1. The van der Waals surface area contributed by atoms with Gasteiger partial charge in [-0.05, 0) is 12.1 Å². The molecule has 0 fully saturated rings. The highest BCUT2D eigenvalue weighted by molar-refractivity contribution is 7.17. The molecule has 0 aliphatic rings. The number of nitrogens with zero attached hydrogens (tertiary/aromatic N) is 1. The summed E-state index contributed by atoms with van der Waals surface area (Å²) in [5.41, 5.74) is 0.805. The van der Waals surface area contributed by atoms with E-state index in [9.17, 15) is 4.79 Å². The minimum atomic E-state index is -0.440. The van der Waals surface area contributed by atoms with Crippen molar-refractivity contribution in [1.82, 2.24) is 0 Å². The lowest BCUT2D eigenvalue weighted by Gasteiger charge is -1.99. The predicted molar refractivity (Wildman–Crippen MR) is 62.9 cm³/mol. The van der Waals surface area contributed by atoms with E-state index >= 15 is 0 Å². The average molecular weight is 252 g/mol. The number of halogens is 1. The van der Waals surface area contributed by atoms with Gasteiger partial charge < -0.3 is 4.74 Å². The lowest BCUT2D eigenvalue weighted by molar-refractivity contribution is 0.0603. The smallest absolute Gasteiger partial charge is 0.339 e. The number of fused-ring (bicyclic) bond motifs is 1. The molecule has 80 valence electrons. The molecule has 1 heterocycles. The van der Waals surface area contributed by atoms with E-state index in [4.69, 9.17) is 16.9 Å². The zero-order valence-electron chi connectivity index (χ0n) is 8.28. The Morgan fingerprint density at radius 2 is 2.31 bits per heavy atom. The van der Waals surface area contributed by atoms with E-state index in [1.165, 1.54) is 18.4 Å². The zero-order chi connectivity index (χ0) is 11.7. The largest absolute Gasteiger partial charge is 0.465 e. The van der Waals surface area contributed by atoms with E-state index < -0.39 is 5.97 Å². The van der Waals surface area contributed by atoms with Gasteiger partial charge in [-0.1, -0.05) is 11.6 Å². The molecule has 0 radical (unpaired) electrons. The van der Waals surface area contributed by atoms with Crippen molar-refractivity contribution in [3.8, 4) is 6.07 Å². The first-order valence-corrected chi connectivity index (χ1v) is 5.62. The third-order valence-corrected chi connectivity index (χ3v) is 3.31. The van der Waals surface area contributed by atoms with Crippen LogP contribution in [0.25, 0.3) is 10.1 Å². The van der Waals surface area contributed by atoms with Crippen LogP contribution >= 0.6 is 22.9 Å². The van der Waals surface area contributed by atoms with Crippen LogP contribution in [-0.4, -0.2) is 13.1 Å². The summed E-state index contributed by atoms with van der Waals surface area (Å²) in [6.45, 7) is 0. The van der Waals surface area contributed by atoms with E-state index in [-0.39, 0.29) is 0 Å². The number of hydrogen-bond donors (Lipinski definition) is 0. The fourth-order valence-corrected chi connectivity index (χ4v) is 2.76. The van der Waals surface area contributed by atoms with Crippen LogP contribution in [0, 0.1) is 11.3 Å². The standard InChI is InChI=1S/C11H6ClNO2S/c1-15-11(14)8-5-16-9-3-7(12)2-6(4-13)10(8)9/h2-3,5H,1H3. The van der Waals surface area contributed by atoms with Crippen LogP contribution in [0.5, 0.6) is 0 Å². The minimum Gasteiger partial charge on any atom is -0.465 e. The number of esters is 1. The number of hydrogen-bond acceptors (Lipinski definition) is 4. The molecule has 2 aromatic rings. The fourth-order valence-electron chi connectivity index (χ4n) is 1.48. The van der Waals surface area contributed by atoms with Crippen molar-refractivity contribution in [3.63, 3.8) is 0 Å². The van der Waals surface area contributed by atoms with Gasteiger partial charge in [0.25, 0.3) is 0 Å². The molecule has 2 rings (SSSR count). The summed E-state index contributed by atoms with van der Waals surface area (Å²) in [5.74, 6) is -0.440. The molecule has 0 amide bonds. The maximum absolute atomic E-state index is 11.5. The fraction of sp³-hybridized carbons (Fsp3) is 0.0909. The number of methoxy groups -OCH3 is 1. The predicted octanol–water partition coefficient (Wildman–Crippen LogP) is 3.21. The molecule has 0 saturated heterocycles. The maximum atomic E-state index is 11.5. The second-order valence-electron chi connectivity index (χ2n) is 3.08. The summed E-state index contributed by atoms with van der Waals surface area (Å²) in [7, 11) is 1.31. The van der Waals surface area contributed by atoms with Crippen molar-refractivity contribution in [3.05, 3.63) is 33.7 Å². The lowest BCUT2D eigenvalue weighted by Crippen LogP contribution is -2.00. The molecular weight excluding hydrogens is 246 g/mol. The van der Waals surface area contributed by atoms with Gasteiger partial charge in [0.05, 0.1) is 24.3 Å². The van der Waals surface area contributed by atoms with Crippen LogP contribution in [-0.2, 0) is 4.74 Å². The zero-order valence-corrected chi connectivity index (χ0v) is 9.85. The molecule has 1 aromatic heterocycles. The van der Waals surface area contributed by atoms with Crippen LogP contribution in [0.3, 0.4) is 0 Å². The van der Waals surface area contributed by atoms with Crippen molar-refractivity contribution in [2.45, 2.75) is 0 Å². The second kappa shape index (κ2) is 4.12. The van der Waals surface area contributed by atoms with Crippen LogP contribution < -0.4 is 0 Å². The number of carbonyl (C=O) groups is 1. The molecule has 1 aromatic carbocycles. The molecule has 5 heteroatoms. The first-order valence-electron chi connectivity index (χ1n) is 4.36. The van der Waals surface area contributed by atoms with Gasteiger partial charge in [0.2, 0.25) is 0 Å². The van der Waals surface area contributed by atoms with Gasteiger partial charge in [0, 0.05) is 20.5 Å². The summed E-state index contributed by atoms with van der Waals surface area (Å²) in [6, 6.07) is 5.31. The Hall–Kier alpha value is -1.57. The van der Waals surface area contributed by atoms with Gasteiger partial charge in [0.15, 0.2) is 0 Å². The first-order chi connectivity index (χ1) is 7.67. The Morgan fingerprint density at radius 3 is 2.94 bits per heavy atom. The van der Waals surface area contributed by atoms with E-state index in [0.29, 0.717) is 21.5 Å². The molecule has 16 heavy (non-hydrogen) atoms. The quantitative estimate of drug-likeness (QED) is 0.731. The Bertz CT molecular complexity index is 612. The van der Waals surface area contributed by atoms with Crippen molar-refractivity contribution in [2.24, 2.45) is 0 Å². The van der Waals surface area contributed by atoms with Crippen LogP contribution in [0.2, 0.25) is 5.02 Å². The van der Waals surface area contributed by atoms with Gasteiger partial charge in [-0.15, -0.1) is 11.3 Å². The Morgan fingerprint density at radius 1 is 1.56 bits per heavy atom. The highest BCUT2D eigenvalue weighted by Gasteiger charge is 2.16.